The van der Waals surface area contributed by atoms with Gasteiger partial charge in [-0.1, -0.05) is 41.4 Å². The van der Waals surface area contributed by atoms with Gasteiger partial charge < -0.3 is 5.11 Å². The van der Waals surface area contributed by atoms with E-state index in [1.54, 1.807) is 24.3 Å². The molecule has 0 fully saturated rings. The van der Waals surface area contributed by atoms with Crippen LogP contribution >= 0.6 is 39.1 Å². The Bertz CT molecular complexity index is 631. The molecular formula is C14H10BrCl2FO. The van der Waals surface area contributed by atoms with E-state index in [2.05, 4.69) is 15.9 Å². The van der Waals surface area contributed by atoms with Crippen molar-refractivity contribution >= 4 is 39.1 Å². The maximum Gasteiger partial charge on any atom is 0.149 e. The van der Waals surface area contributed by atoms with E-state index >= 15 is 0 Å². The van der Waals surface area contributed by atoms with Crippen LogP contribution in [0.25, 0.3) is 0 Å². The van der Waals surface area contributed by atoms with Gasteiger partial charge in [0.05, 0.1) is 5.02 Å². The summed E-state index contributed by atoms with van der Waals surface area (Å²) in [6.45, 7) is 1.82. The third kappa shape index (κ3) is 2.95. The number of benzene rings is 2. The van der Waals surface area contributed by atoms with Gasteiger partial charge in [0.15, 0.2) is 0 Å². The third-order valence-corrected chi connectivity index (χ3v) is 4.54. The molecule has 0 bridgehead atoms. The van der Waals surface area contributed by atoms with Gasteiger partial charge in [-0.2, -0.15) is 0 Å². The van der Waals surface area contributed by atoms with Crippen LogP contribution in [0.4, 0.5) is 4.39 Å². The molecule has 0 aromatic heterocycles. The first-order valence-corrected chi connectivity index (χ1v) is 7.04. The molecule has 2 aromatic carbocycles. The van der Waals surface area contributed by atoms with Gasteiger partial charge in [-0.05, 0) is 46.1 Å². The Morgan fingerprint density at radius 2 is 1.89 bits per heavy atom. The van der Waals surface area contributed by atoms with Gasteiger partial charge in [-0.15, -0.1) is 0 Å². The number of aliphatic hydroxyl groups is 1. The molecule has 2 aromatic rings. The fraction of sp³-hybridized carbons (Fsp3) is 0.143. The second kappa shape index (κ2) is 5.80. The van der Waals surface area contributed by atoms with E-state index in [1.807, 2.05) is 6.92 Å². The quantitative estimate of drug-likeness (QED) is 0.719. The average molecular weight is 364 g/mol. The van der Waals surface area contributed by atoms with Gasteiger partial charge in [0.2, 0.25) is 0 Å². The normalized spacial score (nSPS) is 12.5. The van der Waals surface area contributed by atoms with Gasteiger partial charge in [0.25, 0.3) is 0 Å². The highest BCUT2D eigenvalue weighted by Crippen LogP contribution is 2.33. The first-order chi connectivity index (χ1) is 8.91. The van der Waals surface area contributed by atoms with Crippen molar-refractivity contribution in [2.45, 2.75) is 13.0 Å². The van der Waals surface area contributed by atoms with E-state index < -0.39 is 11.9 Å². The lowest BCUT2D eigenvalue weighted by atomic mass is 9.99. The molecule has 0 spiro atoms. The molecule has 0 saturated carbocycles. The van der Waals surface area contributed by atoms with Crippen LogP contribution in [-0.2, 0) is 0 Å². The zero-order chi connectivity index (χ0) is 14.2. The molecule has 0 saturated heterocycles. The van der Waals surface area contributed by atoms with Crippen LogP contribution in [0.2, 0.25) is 10.0 Å². The van der Waals surface area contributed by atoms with Crippen molar-refractivity contribution < 1.29 is 9.50 Å². The molecule has 1 atom stereocenters. The highest BCUT2D eigenvalue weighted by Gasteiger charge is 2.19. The molecule has 19 heavy (non-hydrogen) atoms. The Morgan fingerprint density at radius 1 is 1.21 bits per heavy atom. The average Bonchev–Trinajstić information content (AvgIpc) is 2.39. The largest absolute Gasteiger partial charge is 0.384 e. The fourth-order valence-electron chi connectivity index (χ4n) is 1.77. The highest BCUT2D eigenvalue weighted by atomic mass is 79.9. The molecule has 0 aliphatic carbocycles. The standard InChI is InChI=1S/C14H10BrCl2FO/c1-7-6-8(2-5-11(7)16)14(19)9-3-4-10(15)12(17)13(9)18/h2-6,14,19H,1H3. The molecule has 0 aliphatic heterocycles. The zero-order valence-corrected chi connectivity index (χ0v) is 13.0. The Hall–Kier alpha value is -0.610. The van der Waals surface area contributed by atoms with Crippen LogP contribution in [0, 0.1) is 12.7 Å². The SMILES string of the molecule is Cc1cc(C(O)c2ccc(Br)c(Cl)c2F)ccc1Cl. The van der Waals surface area contributed by atoms with E-state index in [0.717, 1.165) is 5.56 Å². The van der Waals surface area contributed by atoms with E-state index in [4.69, 9.17) is 23.2 Å². The molecular weight excluding hydrogens is 354 g/mol. The Morgan fingerprint density at radius 3 is 2.53 bits per heavy atom. The first kappa shape index (κ1) is 14.8. The molecule has 0 heterocycles. The van der Waals surface area contributed by atoms with Gasteiger partial charge in [-0.3, -0.25) is 0 Å². The van der Waals surface area contributed by atoms with Gasteiger partial charge in [0, 0.05) is 15.1 Å². The molecule has 0 amide bonds. The fourth-order valence-corrected chi connectivity index (χ4v) is 2.37. The molecule has 100 valence electrons. The lowest BCUT2D eigenvalue weighted by Crippen LogP contribution is -2.03. The van der Waals surface area contributed by atoms with Crippen molar-refractivity contribution in [3.63, 3.8) is 0 Å². The second-order valence-corrected chi connectivity index (χ2v) is 5.82. The molecule has 1 nitrogen and oxygen atoms in total. The van der Waals surface area contributed by atoms with E-state index in [0.29, 0.717) is 15.1 Å². The smallest absolute Gasteiger partial charge is 0.149 e. The Balaban J connectivity index is 2.47. The summed E-state index contributed by atoms with van der Waals surface area (Å²) in [4.78, 5) is 0. The van der Waals surface area contributed by atoms with Gasteiger partial charge in [-0.25, -0.2) is 4.39 Å². The van der Waals surface area contributed by atoms with E-state index in [1.165, 1.54) is 6.07 Å². The first-order valence-electron chi connectivity index (χ1n) is 5.49. The zero-order valence-electron chi connectivity index (χ0n) is 9.92. The summed E-state index contributed by atoms with van der Waals surface area (Å²) in [5.41, 5.74) is 1.52. The van der Waals surface area contributed by atoms with Gasteiger partial charge in [0.1, 0.15) is 11.9 Å². The topological polar surface area (TPSA) is 20.2 Å². The summed E-state index contributed by atoms with van der Waals surface area (Å²) in [6, 6.07) is 8.16. The summed E-state index contributed by atoms with van der Waals surface area (Å²) >= 11 is 14.9. The molecule has 1 N–H and O–H groups in total. The monoisotopic (exact) mass is 362 g/mol. The second-order valence-electron chi connectivity index (χ2n) is 4.18. The number of aliphatic hydroxyl groups excluding tert-OH is 1. The number of hydrogen-bond acceptors (Lipinski definition) is 1. The number of hydrogen-bond donors (Lipinski definition) is 1. The maximum atomic E-state index is 14.0. The van der Waals surface area contributed by atoms with Gasteiger partial charge >= 0.3 is 0 Å². The number of aryl methyl sites for hydroxylation is 1. The molecule has 2 rings (SSSR count). The highest BCUT2D eigenvalue weighted by molar-refractivity contribution is 9.10. The van der Waals surface area contributed by atoms with Crippen LogP contribution in [0.5, 0.6) is 0 Å². The predicted octanol–water partition coefficient (Wildman–Crippen LogP) is 5.29. The Labute approximate surface area is 129 Å². The minimum atomic E-state index is -1.08. The lowest BCUT2D eigenvalue weighted by Gasteiger charge is -2.14. The van der Waals surface area contributed by atoms with E-state index in [9.17, 15) is 9.50 Å². The molecule has 1 unspecified atom stereocenters. The van der Waals surface area contributed by atoms with Crippen molar-refractivity contribution in [2.24, 2.45) is 0 Å². The molecule has 0 aliphatic rings. The van der Waals surface area contributed by atoms with Crippen molar-refractivity contribution in [2.75, 3.05) is 0 Å². The van der Waals surface area contributed by atoms with Crippen LogP contribution in [0.3, 0.4) is 0 Å². The van der Waals surface area contributed by atoms with Crippen LogP contribution in [0.15, 0.2) is 34.8 Å². The van der Waals surface area contributed by atoms with Crippen molar-refractivity contribution in [1.29, 1.82) is 0 Å². The van der Waals surface area contributed by atoms with Crippen molar-refractivity contribution in [1.82, 2.24) is 0 Å². The molecule has 0 radical (unpaired) electrons. The summed E-state index contributed by atoms with van der Waals surface area (Å²) in [5.74, 6) is -0.629. The number of halogens is 4. The van der Waals surface area contributed by atoms with Crippen LogP contribution in [0.1, 0.15) is 22.8 Å². The Kier molecular flexibility index (Phi) is 4.51. The van der Waals surface area contributed by atoms with Crippen LogP contribution in [-0.4, -0.2) is 5.11 Å². The van der Waals surface area contributed by atoms with Crippen LogP contribution < -0.4 is 0 Å². The van der Waals surface area contributed by atoms with E-state index in [-0.39, 0.29) is 10.6 Å². The summed E-state index contributed by atoms with van der Waals surface area (Å²) in [5, 5.41) is 10.8. The lowest BCUT2D eigenvalue weighted by molar-refractivity contribution is 0.215. The maximum absolute atomic E-state index is 14.0. The summed E-state index contributed by atoms with van der Waals surface area (Å²) < 4.78 is 14.5. The summed E-state index contributed by atoms with van der Waals surface area (Å²) in [6.07, 6.45) is -1.08. The third-order valence-electron chi connectivity index (χ3n) is 2.86. The minimum Gasteiger partial charge on any atom is -0.384 e. The van der Waals surface area contributed by atoms with Crippen molar-refractivity contribution in [3.8, 4) is 0 Å². The summed E-state index contributed by atoms with van der Waals surface area (Å²) in [7, 11) is 0. The molecule has 5 heteroatoms. The van der Waals surface area contributed by atoms with Crippen molar-refractivity contribution in [3.05, 3.63) is 67.4 Å². The minimum absolute atomic E-state index is 0.0396. The predicted molar refractivity (Wildman–Crippen MR) is 79.4 cm³/mol. The number of rotatable bonds is 2.